The van der Waals surface area contributed by atoms with Gasteiger partial charge in [0.1, 0.15) is 28.6 Å². The van der Waals surface area contributed by atoms with Crippen LogP contribution in [-0.2, 0) is 4.57 Å². The van der Waals surface area contributed by atoms with Crippen molar-refractivity contribution in [2.75, 3.05) is 0 Å². The number of carbonyl (C=O) groups is 1. The molecule has 4 aromatic rings. The molecule has 0 aliphatic rings. The predicted octanol–water partition coefficient (Wildman–Crippen LogP) is 6.55. The fraction of sp³-hybridized carbons (Fsp3) is 0. The summed E-state index contributed by atoms with van der Waals surface area (Å²) >= 11 is 0. The third kappa shape index (κ3) is 5.56. The summed E-state index contributed by atoms with van der Waals surface area (Å²) < 4.78 is 36.0. The van der Waals surface area contributed by atoms with Gasteiger partial charge in [0.2, 0.25) is 0 Å². The zero-order valence-corrected chi connectivity index (χ0v) is 17.8. The van der Waals surface area contributed by atoms with Crippen molar-refractivity contribution in [3.05, 3.63) is 121 Å². The highest BCUT2D eigenvalue weighted by atomic mass is 31.2. The van der Waals surface area contributed by atoms with E-state index in [-0.39, 0.29) is 22.8 Å². The zero-order valence-electron chi connectivity index (χ0n) is 16.9. The number of benzene rings is 4. The molecule has 0 bridgehead atoms. The predicted molar refractivity (Wildman–Crippen MR) is 120 cm³/mol. The average molecular weight is 446 g/mol. The van der Waals surface area contributed by atoms with E-state index in [2.05, 4.69) is 0 Å². The number of carbonyl (C=O) groups excluding carboxylic acids is 1. The Morgan fingerprint density at radius 2 is 0.969 bits per heavy atom. The summed E-state index contributed by atoms with van der Waals surface area (Å²) in [5.74, 6) is 0.283. The molecular weight excluding hydrogens is 427 g/mol. The van der Waals surface area contributed by atoms with E-state index in [0.29, 0.717) is 5.75 Å². The molecule has 0 fully saturated rings. The molecule has 0 saturated heterocycles. The van der Waals surface area contributed by atoms with Gasteiger partial charge in [0.05, 0.1) is 0 Å². The van der Waals surface area contributed by atoms with E-state index in [0.717, 1.165) is 0 Å². The molecule has 0 amide bonds. The number of ether oxygens (including phenoxy) is 1. The van der Waals surface area contributed by atoms with Gasteiger partial charge in [0, 0.05) is 0 Å². The molecule has 7 heteroatoms. The van der Waals surface area contributed by atoms with Gasteiger partial charge in [-0.2, -0.15) is 4.57 Å². The van der Waals surface area contributed by atoms with Gasteiger partial charge in [0.15, 0.2) is 0 Å². The topological polar surface area (TPSA) is 71.1 Å². The van der Waals surface area contributed by atoms with E-state index >= 15 is 0 Å². The second-order valence-electron chi connectivity index (χ2n) is 6.55. The van der Waals surface area contributed by atoms with Gasteiger partial charge >= 0.3 is 13.8 Å². The van der Waals surface area contributed by atoms with Crippen molar-refractivity contribution in [2.45, 2.75) is 0 Å². The van der Waals surface area contributed by atoms with Crippen molar-refractivity contribution < 1.29 is 27.7 Å². The maximum Gasteiger partial charge on any atom is 0.647 e. The number of phosphoric acid groups is 1. The van der Waals surface area contributed by atoms with Gasteiger partial charge in [-0.3, -0.25) is 0 Å². The third-order valence-electron chi connectivity index (χ3n) is 4.19. The normalized spacial score (nSPS) is 10.8. The van der Waals surface area contributed by atoms with Crippen molar-refractivity contribution >= 4 is 13.8 Å². The molecule has 4 rings (SSSR count). The Kier molecular flexibility index (Phi) is 6.54. The lowest BCUT2D eigenvalue weighted by Crippen LogP contribution is -2.13. The summed E-state index contributed by atoms with van der Waals surface area (Å²) in [6.07, 6.45) is 0. The van der Waals surface area contributed by atoms with Crippen LogP contribution >= 0.6 is 7.82 Å². The van der Waals surface area contributed by atoms with E-state index in [4.69, 9.17) is 18.3 Å². The van der Waals surface area contributed by atoms with Crippen LogP contribution in [0.4, 0.5) is 0 Å². The third-order valence-corrected chi connectivity index (χ3v) is 5.48. The molecule has 0 heterocycles. The Hall–Kier alpha value is -4.02. The molecule has 0 aromatic heterocycles. The van der Waals surface area contributed by atoms with Crippen molar-refractivity contribution in [1.29, 1.82) is 0 Å². The highest BCUT2D eigenvalue weighted by Crippen LogP contribution is 2.50. The minimum atomic E-state index is -4.24. The molecule has 6 nitrogen and oxygen atoms in total. The fourth-order valence-electron chi connectivity index (χ4n) is 2.76. The quantitative estimate of drug-likeness (QED) is 0.174. The molecule has 0 atom stereocenters. The first-order valence-corrected chi connectivity index (χ1v) is 11.2. The smallest absolute Gasteiger partial charge is 0.423 e. The van der Waals surface area contributed by atoms with Crippen LogP contribution < -0.4 is 18.3 Å². The Morgan fingerprint density at radius 1 is 0.531 bits per heavy atom. The molecule has 32 heavy (non-hydrogen) atoms. The Bertz CT molecular complexity index is 1170. The Balaban J connectivity index is 1.63. The molecule has 0 aliphatic carbocycles. The first-order chi connectivity index (χ1) is 15.6. The van der Waals surface area contributed by atoms with Crippen molar-refractivity contribution in [1.82, 2.24) is 0 Å². The van der Waals surface area contributed by atoms with E-state index in [1.54, 1.807) is 97.1 Å². The highest BCUT2D eigenvalue weighted by Gasteiger charge is 2.34. The highest BCUT2D eigenvalue weighted by molar-refractivity contribution is 7.49. The maximum absolute atomic E-state index is 13.6. The monoisotopic (exact) mass is 446 g/mol. The van der Waals surface area contributed by atoms with Crippen LogP contribution in [0.15, 0.2) is 115 Å². The van der Waals surface area contributed by atoms with Gasteiger partial charge in [-0.15, -0.1) is 0 Å². The molecule has 160 valence electrons. The molecule has 4 aromatic carbocycles. The molecular formula is C25H19O6P. The summed E-state index contributed by atoms with van der Waals surface area (Å²) in [5, 5.41) is 0. The van der Waals surface area contributed by atoms with Gasteiger partial charge in [0.25, 0.3) is 0 Å². The lowest BCUT2D eigenvalue weighted by atomic mass is 10.2. The number of phosphoric ester groups is 1. The van der Waals surface area contributed by atoms with Crippen LogP contribution in [0, 0.1) is 0 Å². The van der Waals surface area contributed by atoms with Crippen molar-refractivity contribution in [3.63, 3.8) is 0 Å². The lowest BCUT2D eigenvalue weighted by Gasteiger charge is -2.20. The summed E-state index contributed by atoms with van der Waals surface area (Å²) in [6, 6.07) is 31.9. The fourth-order valence-corrected chi connectivity index (χ4v) is 4.03. The standard InChI is InChI=1S/C25H19O6P/c26-25(28-20-12-4-1-5-13-20)23-18-10-11-19-24(23)31-32(27,29-21-14-6-2-7-15-21)30-22-16-8-3-9-17-22/h1-19H. The second kappa shape index (κ2) is 9.86. The summed E-state index contributed by atoms with van der Waals surface area (Å²) in [7, 11) is -4.24. The summed E-state index contributed by atoms with van der Waals surface area (Å²) in [5.41, 5.74) is 0.0740. The second-order valence-corrected chi connectivity index (χ2v) is 7.99. The molecule has 0 saturated carbocycles. The van der Waals surface area contributed by atoms with Crippen molar-refractivity contribution in [3.8, 4) is 23.0 Å². The van der Waals surface area contributed by atoms with Crippen molar-refractivity contribution in [2.24, 2.45) is 0 Å². The summed E-state index contributed by atoms with van der Waals surface area (Å²) in [4.78, 5) is 12.8. The van der Waals surface area contributed by atoms with Gasteiger partial charge < -0.3 is 18.3 Å². The minimum absolute atomic E-state index is 0.00336. The molecule has 0 N–H and O–H groups in total. The van der Waals surface area contributed by atoms with Crippen LogP contribution in [0.25, 0.3) is 0 Å². The SMILES string of the molecule is O=C(Oc1ccccc1)c1ccccc1OP(=O)(Oc1ccccc1)Oc1ccccc1. The van der Waals surface area contributed by atoms with Crippen LogP contribution in [0.2, 0.25) is 0 Å². The number of hydrogen-bond donors (Lipinski definition) is 0. The molecule has 0 aliphatic heterocycles. The zero-order chi connectivity index (χ0) is 22.2. The lowest BCUT2D eigenvalue weighted by molar-refractivity contribution is 0.0732. The maximum atomic E-state index is 13.6. The number of esters is 1. The largest absolute Gasteiger partial charge is 0.647 e. The van der Waals surface area contributed by atoms with E-state index in [1.807, 2.05) is 6.07 Å². The number of rotatable bonds is 8. The first-order valence-electron chi connectivity index (χ1n) is 9.76. The Morgan fingerprint density at radius 3 is 1.50 bits per heavy atom. The van der Waals surface area contributed by atoms with Crippen LogP contribution in [0.1, 0.15) is 10.4 Å². The minimum Gasteiger partial charge on any atom is -0.423 e. The van der Waals surface area contributed by atoms with E-state index in [1.165, 1.54) is 12.1 Å². The average Bonchev–Trinajstić information content (AvgIpc) is 2.81. The van der Waals surface area contributed by atoms with Crippen LogP contribution in [0.3, 0.4) is 0 Å². The molecule has 0 radical (unpaired) electrons. The van der Waals surface area contributed by atoms with Gasteiger partial charge in [-0.25, -0.2) is 4.79 Å². The Labute approximate surface area is 185 Å². The first kappa shape index (κ1) is 21.2. The summed E-state index contributed by atoms with van der Waals surface area (Å²) in [6.45, 7) is 0. The van der Waals surface area contributed by atoms with Gasteiger partial charge in [-0.05, 0) is 48.5 Å². The number of hydrogen-bond acceptors (Lipinski definition) is 6. The number of para-hydroxylation sites is 4. The molecule has 0 spiro atoms. The van der Waals surface area contributed by atoms with Gasteiger partial charge in [-0.1, -0.05) is 66.7 Å². The van der Waals surface area contributed by atoms with Crippen LogP contribution in [-0.4, -0.2) is 5.97 Å². The molecule has 0 unspecified atom stereocenters. The van der Waals surface area contributed by atoms with Crippen LogP contribution in [0.5, 0.6) is 23.0 Å². The van der Waals surface area contributed by atoms with E-state index in [9.17, 15) is 9.36 Å². The van der Waals surface area contributed by atoms with E-state index < -0.39 is 13.8 Å².